The molecule has 7 nitrogen and oxygen atoms in total. The molecule has 0 aromatic heterocycles. The van der Waals surface area contributed by atoms with Gasteiger partial charge in [-0.1, -0.05) is 23.3 Å². The number of allylic oxidation sites excluding steroid dienone is 1. The minimum Gasteiger partial charge on any atom is -0.490 e. The fraction of sp³-hybridized carbons (Fsp3) is 0.714. The van der Waals surface area contributed by atoms with E-state index in [4.69, 9.17) is 32.1 Å². The van der Waals surface area contributed by atoms with Crippen LogP contribution in [0.4, 0.5) is 0 Å². The number of hydrogen-bond acceptors (Lipinski definition) is 7. The molecule has 1 aromatic rings. The fourth-order valence-electron chi connectivity index (χ4n) is 6.55. The van der Waals surface area contributed by atoms with E-state index in [1.165, 1.54) is 31.3 Å². The van der Waals surface area contributed by atoms with Crippen molar-refractivity contribution in [3.63, 3.8) is 0 Å². The summed E-state index contributed by atoms with van der Waals surface area (Å²) >= 11 is 0. The van der Waals surface area contributed by atoms with Crippen molar-refractivity contribution in [1.29, 1.82) is 0 Å². The monoisotopic (exact) mass is 552 g/mol. The van der Waals surface area contributed by atoms with E-state index in [1.54, 1.807) is 12.7 Å². The third kappa shape index (κ3) is 6.42. The number of benzene rings is 1. The molecule has 2 saturated carbocycles. The van der Waals surface area contributed by atoms with Crippen LogP contribution in [0.3, 0.4) is 0 Å². The van der Waals surface area contributed by atoms with Gasteiger partial charge in [0.15, 0.2) is 9.03 Å². The molecule has 2 aliphatic heterocycles. The van der Waals surface area contributed by atoms with E-state index < -0.39 is 8.60 Å². The third-order valence-electron chi connectivity index (χ3n) is 8.63. The Hall–Kier alpha value is -0.620. The molecule has 4 aliphatic rings. The number of rotatable bonds is 6. The van der Waals surface area contributed by atoms with Crippen LogP contribution in [0.25, 0.3) is 0 Å². The molecule has 0 radical (unpaired) electrons. The average molecular weight is 553 g/mol. The van der Waals surface area contributed by atoms with E-state index in [0.29, 0.717) is 31.8 Å². The number of methoxy groups -OCH3 is 1. The summed E-state index contributed by atoms with van der Waals surface area (Å²) in [5.41, 5.74) is 3.84. The van der Waals surface area contributed by atoms with Crippen LogP contribution in [0, 0.1) is 17.3 Å². The van der Waals surface area contributed by atoms with Gasteiger partial charge in [-0.25, -0.2) is 0 Å². The first-order valence-electron chi connectivity index (χ1n) is 13.6. The Balaban J connectivity index is 1.20. The van der Waals surface area contributed by atoms with Gasteiger partial charge in [-0.05, 0) is 88.3 Å². The molecule has 2 saturated heterocycles. The molecule has 5 rings (SSSR count). The molecule has 1 aromatic carbocycles. The average Bonchev–Trinajstić information content (AvgIpc) is 2.94. The van der Waals surface area contributed by atoms with Crippen LogP contribution >= 0.6 is 17.6 Å². The zero-order valence-corrected chi connectivity index (χ0v) is 24.5. The van der Waals surface area contributed by atoms with Gasteiger partial charge >= 0.3 is 8.60 Å². The SMILES string of the molecule is COC1CCC(C2CCC(Oc3cccc(C4OPOCC45COP(OC)OC5)c3)CC2)C(=C(C)C)C1. The van der Waals surface area contributed by atoms with Crippen molar-refractivity contribution in [3.05, 3.63) is 41.0 Å². The minimum atomic E-state index is -1.29. The molecular formula is C28H42O7P2. The highest BCUT2D eigenvalue weighted by Crippen LogP contribution is 2.55. The Bertz CT molecular complexity index is 921. The molecule has 4 unspecified atom stereocenters. The van der Waals surface area contributed by atoms with Crippen LogP contribution in [0.5, 0.6) is 5.75 Å². The zero-order valence-electron chi connectivity index (χ0n) is 22.6. The summed E-state index contributed by atoms with van der Waals surface area (Å²) in [5, 5.41) is 0. The highest BCUT2D eigenvalue weighted by atomic mass is 31.2. The third-order valence-corrected chi connectivity index (χ3v) is 10.2. The van der Waals surface area contributed by atoms with Gasteiger partial charge in [-0.3, -0.25) is 0 Å². The standard InChI is InChI=1S/C28H42O7P2/c1-19(2)26-15-23(29-3)12-13-25(26)20-8-10-22(11-9-20)34-24-7-5-6-21(14-24)27-28(16-31-36-35-27)17-32-37(30-4)33-18-28/h5-7,14,20,22-23,25,27,36H,8-13,15-18H2,1-4H3. The lowest BCUT2D eigenvalue weighted by atomic mass is 9.69. The largest absolute Gasteiger partial charge is 0.490 e. The summed E-state index contributed by atoms with van der Waals surface area (Å²) in [7, 11) is 2.18. The smallest absolute Gasteiger partial charge is 0.332 e. The molecule has 206 valence electrons. The van der Waals surface area contributed by atoms with Gasteiger partial charge in [-0.15, -0.1) is 0 Å². The van der Waals surface area contributed by atoms with Gasteiger partial charge in [0, 0.05) is 14.2 Å². The second-order valence-corrected chi connectivity index (χ2v) is 13.2. The van der Waals surface area contributed by atoms with E-state index in [2.05, 4.69) is 38.1 Å². The minimum absolute atomic E-state index is 0.00541. The molecule has 4 atom stereocenters. The predicted octanol–water partition coefficient (Wildman–Crippen LogP) is 7.28. The van der Waals surface area contributed by atoms with Crippen LogP contribution in [0.1, 0.15) is 70.5 Å². The first-order chi connectivity index (χ1) is 18.0. The highest BCUT2D eigenvalue weighted by molar-refractivity contribution is 7.41. The first-order valence-corrected chi connectivity index (χ1v) is 15.5. The number of ether oxygens (including phenoxy) is 2. The molecule has 1 spiro atoms. The Morgan fingerprint density at radius 3 is 2.43 bits per heavy atom. The van der Waals surface area contributed by atoms with E-state index in [0.717, 1.165) is 36.5 Å². The van der Waals surface area contributed by atoms with E-state index in [9.17, 15) is 0 Å². The Morgan fingerprint density at radius 2 is 1.73 bits per heavy atom. The highest BCUT2D eigenvalue weighted by Gasteiger charge is 2.49. The van der Waals surface area contributed by atoms with Crippen LogP contribution in [0.2, 0.25) is 0 Å². The van der Waals surface area contributed by atoms with Crippen LogP contribution in [-0.2, 0) is 27.4 Å². The molecule has 0 amide bonds. The van der Waals surface area contributed by atoms with Crippen molar-refractivity contribution < 1.29 is 32.1 Å². The lowest BCUT2D eigenvalue weighted by Crippen LogP contribution is -2.46. The van der Waals surface area contributed by atoms with Gasteiger partial charge in [-0.2, -0.15) is 0 Å². The van der Waals surface area contributed by atoms with Gasteiger partial charge in [0.2, 0.25) is 0 Å². The van der Waals surface area contributed by atoms with Crippen LogP contribution in [0.15, 0.2) is 35.4 Å². The maximum atomic E-state index is 6.55. The molecular weight excluding hydrogens is 510 g/mol. The van der Waals surface area contributed by atoms with Gasteiger partial charge in [0.05, 0.1) is 37.4 Å². The van der Waals surface area contributed by atoms with Crippen molar-refractivity contribution in [1.82, 2.24) is 0 Å². The van der Waals surface area contributed by atoms with Gasteiger partial charge in [0.25, 0.3) is 0 Å². The zero-order chi connectivity index (χ0) is 25.8. The van der Waals surface area contributed by atoms with Gasteiger partial charge in [0.1, 0.15) is 11.9 Å². The van der Waals surface area contributed by atoms with Crippen LogP contribution < -0.4 is 4.74 Å². The van der Waals surface area contributed by atoms with Crippen LogP contribution in [-0.4, -0.2) is 46.2 Å². The van der Waals surface area contributed by atoms with Crippen molar-refractivity contribution in [2.75, 3.05) is 34.0 Å². The van der Waals surface area contributed by atoms with Crippen molar-refractivity contribution in [2.24, 2.45) is 17.3 Å². The molecule has 9 heteroatoms. The maximum absolute atomic E-state index is 6.55. The molecule has 0 N–H and O–H groups in total. The maximum Gasteiger partial charge on any atom is 0.332 e. The Kier molecular flexibility index (Phi) is 9.59. The summed E-state index contributed by atoms with van der Waals surface area (Å²) in [5.74, 6) is 2.38. The predicted molar refractivity (Wildman–Crippen MR) is 146 cm³/mol. The van der Waals surface area contributed by atoms with Crippen molar-refractivity contribution >= 4 is 17.6 Å². The van der Waals surface area contributed by atoms with Crippen molar-refractivity contribution in [3.8, 4) is 5.75 Å². The quantitative estimate of drug-likeness (QED) is 0.271. The number of hydrogen-bond donors (Lipinski definition) is 0. The van der Waals surface area contributed by atoms with E-state index >= 15 is 0 Å². The van der Waals surface area contributed by atoms with E-state index in [1.807, 2.05) is 7.11 Å². The second kappa shape index (κ2) is 12.7. The lowest BCUT2D eigenvalue weighted by Gasteiger charge is -2.45. The summed E-state index contributed by atoms with van der Waals surface area (Å²) in [6, 6.07) is 8.37. The first kappa shape index (κ1) is 27.9. The molecule has 0 bridgehead atoms. The van der Waals surface area contributed by atoms with Crippen molar-refractivity contribution in [2.45, 2.75) is 77.1 Å². The summed E-state index contributed by atoms with van der Waals surface area (Å²) in [6.07, 6.45) is 8.70. The normalized spacial score (nSPS) is 37.6. The summed E-state index contributed by atoms with van der Waals surface area (Å²) < 4.78 is 41.0. The van der Waals surface area contributed by atoms with E-state index in [-0.39, 0.29) is 26.7 Å². The molecule has 37 heavy (non-hydrogen) atoms. The molecule has 2 aliphatic carbocycles. The summed E-state index contributed by atoms with van der Waals surface area (Å²) in [6.45, 7) is 6.06. The molecule has 2 heterocycles. The fourth-order valence-corrected chi connectivity index (χ4v) is 8.45. The Morgan fingerprint density at radius 1 is 0.973 bits per heavy atom. The second-order valence-electron chi connectivity index (χ2n) is 11.2. The summed E-state index contributed by atoms with van der Waals surface area (Å²) in [4.78, 5) is 0. The van der Waals surface area contributed by atoms with Gasteiger partial charge < -0.3 is 32.1 Å². The topological polar surface area (TPSA) is 64.6 Å². The molecule has 4 fully saturated rings. The Labute approximate surface area is 224 Å². The lowest BCUT2D eigenvalue weighted by molar-refractivity contribution is -0.105.